The zero-order valence-corrected chi connectivity index (χ0v) is 16.3. The number of amides is 1. The minimum atomic E-state index is -0.0433. The first kappa shape index (κ1) is 17.6. The standard InChI is InChI=1S/C24H22N4O/c1-27-15-21-13-19(6-8-23(21)26-27)18-3-2-4-22-7-5-20(16-28(22)24(29)14-18)17-9-11-25-12-10-17/h2-9,13-16,25H,10-12H2,1H3/b3-2?,18-14?,22-4+. The Balaban J connectivity index is 1.51. The fraction of sp³-hybridized carbons (Fsp3) is 0.167. The Morgan fingerprint density at radius 2 is 2.07 bits per heavy atom. The number of rotatable bonds is 2. The van der Waals surface area contributed by atoms with E-state index >= 15 is 0 Å². The summed E-state index contributed by atoms with van der Waals surface area (Å²) in [5.41, 5.74) is 6.11. The van der Waals surface area contributed by atoms with Crippen molar-refractivity contribution in [3.8, 4) is 0 Å². The molecule has 4 heterocycles. The van der Waals surface area contributed by atoms with Crippen molar-refractivity contribution < 1.29 is 4.79 Å². The molecule has 144 valence electrons. The molecule has 3 aliphatic heterocycles. The highest BCUT2D eigenvalue weighted by atomic mass is 16.2. The first-order valence-electron chi connectivity index (χ1n) is 9.84. The van der Waals surface area contributed by atoms with Crippen LogP contribution < -0.4 is 5.32 Å². The molecule has 1 aromatic heterocycles. The summed E-state index contributed by atoms with van der Waals surface area (Å²) in [6.07, 6.45) is 18.9. The molecule has 5 nitrogen and oxygen atoms in total. The molecular formula is C24H22N4O. The average Bonchev–Trinajstić information content (AvgIpc) is 3.11. The van der Waals surface area contributed by atoms with E-state index < -0.39 is 0 Å². The van der Waals surface area contributed by atoms with Gasteiger partial charge >= 0.3 is 0 Å². The van der Waals surface area contributed by atoms with Crippen LogP contribution in [0.2, 0.25) is 0 Å². The van der Waals surface area contributed by atoms with Crippen LogP contribution in [-0.4, -0.2) is 33.7 Å². The van der Waals surface area contributed by atoms with Gasteiger partial charge in [0.05, 0.1) is 5.52 Å². The molecule has 0 atom stereocenters. The summed E-state index contributed by atoms with van der Waals surface area (Å²) < 4.78 is 1.80. The van der Waals surface area contributed by atoms with Crippen molar-refractivity contribution in [1.29, 1.82) is 0 Å². The zero-order valence-electron chi connectivity index (χ0n) is 16.3. The fourth-order valence-corrected chi connectivity index (χ4v) is 3.92. The summed E-state index contributed by atoms with van der Waals surface area (Å²) in [5.74, 6) is -0.0433. The second kappa shape index (κ2) is 7.18. The third-order valence-electron chi connectivity index (χ3n) is 5.43. The molecule has 1 N–H and O–H groups in total. The maximum atomic E-state index is 13.1. The van der Waals surface area contributed by atoms with Gasteiger partial charge in [0.25, 0.3) is 5.91 Å². The summed E-state index contributed by atoms with van der Waals surface area (Å²) in [5, 5.41) is 8.82. The van der Waals surface area contributed by atoms with Crippen molar-refractivity contribution in [3.05, 3.63) is 95.5 Å². The number of carbonyl (C=O) groups is 1. The zero-order chi connectivity index (χ0) is 19.8. The monoisotopic (exact) mass is 382 g/mol. The lowest BCUT2D eigenvalue weighted by molar-refractivity contribution is -0.122. The SMILES string of the molecule is Cn1cc2cc(C3=CC(=O)N4C=C(C5=CCNCC5)C=C/C4=C\C=C3)ccc2n1. The highest BCUT2D eigenvalue weighted by Gasteiger charge is 2.20. The predicted molar refractivity (Wildman–Crippen MR) is 116 cm³/mol. The number of allylic oxidation sites excluding steroid dienone is 7. The van der Waals surface area contributed by atoms with Gasteiger partial charge in [-0.1, -0.05) is 30.4 Å². The lowest BCUT2D eigenvalue weighted by Gasteiger charge is -2.26. The Hall–Kier alpha value is -3.44. The second-order valence-corrected chi connectivity index (χ2v) is 7.44. The maximum Gasteiger partial charge on any atom is 0.255 e. The molecule has 2 aromatic rings. The van der Waals surface area contributed by atoms with Crippen LogP contribution in [0.4, 0.5) is 0 Å². The van der Waals surface area contributed by atoms with Gasteiger partial charge in [0, 0.05) is 43.1 Å². The lowest BCUT2D eigenvalue weighted by atomic mass is 9.97. The van der Waals surface area contributed by atoms with Gasteiger partial charge in [0.1, 0.15) is 0 Å². The van der Waals surface area contributed by atoms with E-state index in [1.807, 2.05) is 55.9 Å². The Labute approximate surface area is 169 Å². The van der Waals surface area contributed by atoms with Crippen LogP contribution >= 0.6 is 0 Å². The first-order chi connectivity index (χ1) is 14.2. The molecular weight excluding hydrogens is 360 g/mol. The minimum Gasteiger partial charge on any atom is -0.313 e. The van der Waals surface area contributed by atoms with Crippen LogP contribution in [0.15, 0.2) is 90.0 Å². The predicted octanol–water partition coefficient (Wildman–Crippen LogP) is 3.61. The third-order valence-corrected chi connectivity index (χ3v) is 5.43. The molecule has 0 bridgehead atoms. The molecule has 0 radical (unpaired) electrons. The van der Waals surface area contributed by atoms with E-state index in [0.717, 1.165) is 52.8 Å². The van der Waals surface area contributed by atoms with E-state index in [-0.39, 0.29) is 5.91 Å². The molecule has 0 unspecified atom stereocenters. The fourth-order valence-electron chi connectivity index (χ4n) is 3.92. The van der Waals surface area contributed by atoms with Crippen LogP contribution in [0, 0.1) is 0 Å². The molecule has 1 amide bonds. The largest absolute Gasteiger partial charge is 0.313 e. The number of hydrogen-bond donors (Lipinski definition) is 1. The molecule has 0 spiro atoms. The number of aromatic nitrogens is 2. The number of hydrogen-bond acceptors (Lipinski definition) is 3. The number of benzene rings is 1. The highest BCUT2D eigenvalue weighted by Crippen LogP contribution is 2.28. The van der Waals surface area contributed by atoms with Gasteiger partial charge in [-0.05, 0) is 59.5 Å². The normalized spacial score (nSPS) is 21.0. The van der Waals surface area contributed by atoms with Gasteiger partial charge in [-0.2, -0.15) is 5.10 Å². The van der Waals surface area contributed by atoms with Gasteiger partial charge in [0.2, 0.25) is 0 Å². The smallest absolute Gasteiger partial charge is 0.255 e. The van der Waals surface area contributed by atoms with Crippen molar-refractivity contribution in [2.75, 3.05) is 13.1 Å². The highest BCUT2D eigenvalue weighted by molar-refractivity contribution is 6.00. The first-order valence-corrected chi connectivity index (χ1v) is 9.84. The van der Waals surface area contributed by atoms with Crippen LogP contribution in [0.25, 0.3) is 16.5 Å². The Morgan fingerprint density at radius 3 is 2.93 bits per heavy atom. The topological polar surface area (TPSA) is 50.2 Å². The molecule has 1 aromatic carbocycles. The number of fused-ring (bicyclic) bond motifs is 2. The van der Waals surface area contributed by atoms with Gasteiger partial charge in [0.15, 0.2) is 0 Å². The quantitative estimate of drug-likeness (QED) is 0.863. The van der Waals surface area contributed by atoms with Crippen LogP contribution in [0.3, 0.4) is 0 Å². The molecule has 0 fully saturated rings. The van der Waals surface area contributed by atoms with E-state index in [9.17, 15) is 4.79 Å². The Bertz CT molecular complexity index is 1190. The maximum absolute atomic E-state index is 13.1. The molecule has 0 saturated heterocycles. The summed E-state index contributed by atoms with van der Waals surface area (Å²) in [7, 11) is 1.91. The average molecular weight is 382 g/mol. The van der Waals surface area contributed by atoms with Crippen molar-refractivity contribution in [3.63, 3.8) is 0 Å². The van der Waals surface area contributed by atoms with Crippen LogP contribution in [0.1, 0.15) is 12.0 Å². The second-order valence-electron chi connectivity index (χ2n) is 7.44. The van der Waals surface area contributed by atoms with Crippen LogP contribution in [-0.2, 0) is 11.8 Å². The van der Waals surface area contributed by atoms with Crippen molar-refractivity contribution in [1.82, 2.24) is 20.0 Å². The van der Waals surface area contributed by atoms with Crippen molar-refractivity contribution >= 4 is 22.4 Å². The van der Waals surface area contributed by atoms with E-state index in [1.165, 1.54) is 5.57 Å². The number of aryl methyl sites for hydroxylation is 1. The minimum absolute atomic E-state index is 0.0433. The summed E-state index contributed by atoms with van der Waals surface area (Å²) in [6, 6.07) is 6.09. The van der Waals surface area contributed by atoms with E-state index in [4.69, 9.17) is 0 Å². The van der Waals surface area contributed by atoms with Gasteiger partial charge in [-0.15, -0.1) is 0 Å². The molecule has 0 saturated carbocycles. The number of nitrogens with zero attached hydrogens (tertiary/aromatic N) is 3. The number of nitrogens with one attached hydrogen (secondary N) is 1. The van der Waals surface area contributed by atoms with Crippen molar-refractivity contribution in [2.24, 2.45) is 7.05 Å². The van der Waals surface area contributed by atoms with Gasteiger partial charge in [-0.25, -0.2) is 0 Å². The third kappa shape index (κ3) is 3.41. The van der Waals surface area contributed by atoms with Gasteiger partial charge < -0.3 is 5.32 Å². The summed E-state index contributed by atoms with van der Waals surface area (Å²) in [4.78, 5) is 14.9. The van der Waals surface area contributed by atoms with Crippen LogP contribution in [0.5, 0.6) is 0 Å². The molecule has 5 heteroatoms. The number of carbonyl (C=O) groups excluding carboxylic acids is 1. The van der Waals surface area contributed by atoms with Gasteiger partial charge in [-0.3, -0.25) is 14.4 Å². The molecule has 5 rings (SSSR count). The lowest BCUT2D eigenvalue weighted by Crippen LogP contribution is -2.27. The molecule has 29 heavy (non-hydrogen) atoms. The van der Waals surface area contributed by atoms with E-state index in [0.29, 0.717) is 0 Å². The molecule has 0 aliphatic carbocycles. The molecule has 3 aliphatic rings. The van der Waals surface area contributed by atoms with Crippen molar-refractivity contribution in [2.45, 2.75) is 6.42 Å². The summed E-state index contributed by atoms with van der Waals surface area (Å²) >= 11 is 0. The van der Waals surface area contributed by atoms with E-state index in [2.05, 4.69) is 28.6 Å². The summed E-state index contributed by atoms with van der Waals surface area (Å²) in [6.45, 7) is 1.85. The Morgan fingerprint density at radius 1 is 1.14 bits per heavy atom. The Kier molecular flexibility index (Phi) is 4.37. The van der Waals surface area contributed by atoms with E-state index in [1.54, 1.807) is 15.7 Å².